The average molecular weight is 395 g/mol. The molecule has 4 rings (SSSR count). The third-order valence-electron chi connectivity index (χ3n) is 5.33. The van der Waals surface area contributed by atoms with Crippen molar-refractivity contribution in [3.05, 3.63) is 54.4 Å². The number of pyridine rings is 1. The van der Waals surface area contributed by atoms with E-state index in [9.17, 15) is 9.59 Å². The molecule has 2 aliphatic rings. The van der Waals surface area contributed by atoms with E-state index in [-0.39, 0.29) is 12.5 Å². The van der Waals surface area contributed by atoms with Crippen LogP contribution >= 0.6 is 0 Å². The molecular formula is C21H25N5O3. The molecule has 0 spiro atoms. The largest absolute Gasteiger partial charge is 0.477 e. The zero-order valence-corrected chi connectivity index (χ0v) is 16.2. The van der Waals surface area contributed by atoms with Gasteiger partial charge in [-0.1, -0.05) is 18.2 Å². The van der Waals surface area contributed by atoms with Gasteiger partial charge < -0.3 is 15.4 Å². The highest BCUT2D eigenvalue weighted by molar-refractivity contribution is 5.98. The SMILES string of the molecule is NC(=O)C1CN(C(=O)CN2CCN(Cc3ccccn3)CC2)c2ccccc2O1. The van der Waals surface area contributed by atoms with Crippen LogP contribution < -0.4 is 15.4 Å². The van der Waals surface area contributed by atoms with Crippen LogP contribution in [0.25, 0.3) is 0 Å². The van der Waals surface area contributed by atoms with Gasteiger partial charge in [0, 0.05) is 38.9 Å². The van der Waals surface area contributed by atoms with Gasteiger partial charge in [-0.25, -0.2) is 0 Å². The van der Waals surface area contributed by atoms with Crippen LogP contribution in [-0.4, -0.2) is 72.0 Å². The molecule has 1 unspecified atom stereocenters. The molecule has 152 valence electrons. The molecule has 29 heavy (non-hydrogen) atoms. The highest BCUT2D eigenvalue weighted by Gasteiger charge is 2.33. The minimum absolute atomic E-state index is 0.0508. The van der Waals surface area contributed by atoms with Gasteiger partial charge in [0.25, 0.3) is 5.91 Å². The molecule has 0 radical (unpaired) electrons. The summed E-state index contributed by atoms with van der Waals surface area (Å²) in [6.45, 7) is 4.65. The van der Waals surface area contributed by atoms with Crippen molar-refractivity contribution in [2.45, 2.75) is 12.6 Å². The first-order chi connectivity index (χ1) is 14.1. The minimum Gasteiger partial charge on any atom is -0.477 e. The summed E-state index contributed by atoms with van der Waals surface area (Å²) in [6.07, 6.45) is 0.980. The highest BCUT2D eigenvalue weighted by Crippen LogP contribution is 2.33. The van der Waals surface area contributed by atoms with E-state index in [1.807, 2.05) is 42.6 Å². The van der Waals surface area contributed by atoms with Gasteiger partial charge >= 0.3 is 0 Å². The number of fused-ring (bicyclic) bond motifs is 1. The summed E-state index contributed by atoms with van der Waals surface area (Å²) < 4.78 is 5.64. The van der Waals surface area contributed by atoms with Gasteiger partial charge in [-0.05, 0) is 24.3 Å². The molecule has 3 heterocycles. The Bertz CT molecular complexity index is 868. The number of carbonyl (C=O) groups excluding carboxylic acids is 2. The van der Waals surface area contributed by atoms with Gasteiger partial charge in [0.15, 0.2) is 6.10 Å². The number of nitrogens with zero attached hydrogens (tertiary/aromatic N) is 4. The number of hydrogen-bond donors (Lipinski definition) is 1. The molecule has 1 aromatic heterocycles. The van der Waals surface area contributed by atoms with E-state index < -0.39 is 12.0 Å². The molecule has 0 aliphatic carbocycles. The lowest BCUT2D eigenvalue weighted by molar-refractivity contribution is -0.125. The van der Waals surface area contributed by atoms with Gasteiger partial charge in [0.05, 0.1) is 24.5 Å². The van der Waals surface area contributed by atoms with Crippen LogP contribution in [0.4, 0.5) is 5.69 Å². The molecule has 2 amide bonds. The number of ether oxygens (including phenoxy) is 1. The van der Waals surface area contributed by atoms with E-state index >= 15 is 0 Å². The van der Waals surface area contributed by atoms with Crippen LogP contribution in [0.1, 0.15) is 5.69 Å². The Balaban J connectivity index is 1.35. The van der Waals surface area contributed by atoms with Gasteiger partial charge in [-0.15, -0.1) is 0 Å². The van der Waals surface area contributed by atoms with Crippen molar-refractivity contribution in [3.63, 3.8) is 0 Å². The molecule has 1 saturated heterocycles. The number of benzene rings is 1. The van der Waals surface area contributed by atoms with E-state index in [0.29, 0.717) is 18.0 Å². The molecule has 0 bridgehead atoms. The Hall–Kier alpha value is -2.97. The highest BCUT2D eigenvalue weighted by atomic mass is 16.5. The van der Waals surface area contributed by atoms with E-state index in [0.717, 1.165) is 38.4 Å². The lowest BCUT2D eigenvalue weighted by Gasteiger charge is -2.37. The molecular weight excluding hydrogens is 370 g/mol. The van der Waals surface area contributed by atoms with Crippen molar-refractivity contribution >= 4 is 17.5 Å². The molecule has 1 atom stereocenters. The summed E-state index contributed by atoms with van der Waals surface area (Å²) in [5, 5.41) is 0. The van der Waals surface area contributed by atoms with E-state index in [1.165, 1.54) is 0 Å². The van der Waals surface area contributed by atoms with E-state index in [1.54, 1.807) is 11.0 Å². The van der Waals surface area contributed by atoms with Crippen molar-refractivity contribution in [3.8, 4) is 5.75 Å². The maximum absolute atomic E-state index is 13.0. The second kappa shape index (κ2) is 8.59. The number of anilines is 1. The second-order valence-corrected chi connectivity index (χ2v) is 7.35. The number of piperazine rings is 1. The van der Waals surface area contributed by atoms with Crippen LogP contribution in [-0.2, 0) is 16.1 Å². The molecule has 2 N–H and O–H groups in total. The summed E-state index contributed by atoms with van der Waals surface area (Å²) in [7, 11) is 0. The fourth-order valence-corrected chi connectivity index (χ4v) is 3.72. The number of aromatic nitrogens is 1. The summed E-state index contributed by atoms with van der Waals surface area (Å²) in [5.41, 5.74) is 7.17. The molecule has 8 heteroatoms. The van der Waals surface area contributed by atoms with Gasteiger partial charge in [-0.3, -0.25) is 24.4 Å². The van der Waals surface area contributed by atoms with Crippen LogP contribution in [0, 0.1) is 0 Å². The lowest BCUT2D eigenvalue weighted by atomic mass is 10.1. The topological polar surface area (TPSA) is 92.0 Å². The first-order valence-corrected chi connectivity index (χ1v) is 9.80. The predicted octanol–water partition coefficient (Wildman–Crippen LogP) is 0.479. The Morgan fingerprint density at radius 3 is 2.48 bits per heavy atom. The average Bonchev–Trinajstić information content (AvgIpc) is 2.75. The molecule has 8 nitrogen and oxygen atoms in total. The third kappa shape index (κ3) is 4.55. The number of primary amides is 1. The predicted molar refractivity (Wildman–Crippen MR) is 108 cm³/mol. The van der Waals surface area contributed by atoms with Crippen molar-refractivity contribution < 1.29 is 14.3 Å². The summed E-state index contributed by atoms with van der Waals surface area (Å²) >= 11 is 0. The number of nitrogens with two attached hydrogens (primary N) is 1. The Morgan fingerprint density at radius 1 is 1.03 bits per heavy atom. The monoisotopic (exact) mass is 395 g/mol. The number of rotatable bonds is 5. The maximum atomic E-state index is 13.0. The van der Waals surface area contributed by atoms with Gasteiger partial charge in [0.1, 0.15) is 5.75 Å². The van der Waals surface area contributed by atoms with Crippen molar-refractivity contribution in [2.75, 3.05) is 44.2 Å². The Labute approximate surface area is 169 Å². The summed E-state index contributed by atoms with van der Waals surface area (Å²) in [4.78, 5) is 35.2. The maximum Gasteiger partial charge on any atom is 0.260 e. The number of carbonyl (C=O) groups is 2. The zero-order valence-electron chi connectivity index (χ0n) is 16.2. The second-order valence-electron chi connectivity index (χ2n) is 7.35. The van der Waals surface area contributed by atoms with Crippen LogP contribution in [0.5, 0.6) is 5.75 Å². The van der Waals surface area contributed by atoms with Crippen LogP contribution in [0.15, 0.2) is 48.7 Å². The number of para-hydroxylation sites is 2. The van der Waals surface area contributed by atoms with Gasteiger partial charge in [0.2, 0.25) is 5.91 Å². The fraction of sp³-hybridized carbons (Fsp3) is 0.381. The summed E-state index contributed by atoms with van der Waals surface area (Å²) in [5.74, 6) is -0.110. The minimum atomic E-state index is -0.830. The molecule has 2 aromatic rings. The molecule has 0 saturated carbocycles. The van der Waals surface area contributed by atoms with E-state index in [2.05, 4.69) is 14.8 Å². The number of amides is 2. The Morgan fingerprint density at radius 2 is 1.76 bits per heavy atom. The van der Waals surface area contributed by atoms with Crippen LogP contribution in [0.3, 0.4) is 0 Å². The van der Waals surface area contributed by atoms with Crippen molar-refractivity contribution in [1.82, 2.24) is 14.8 Å². The standard InChI is InChI=1S/C21H25N5O3/c22-21(28)19-14-26(17-6-1-2-7-18(17)29-19)20(27)15-25-11-9-24(10-12-25)13-16-5-3-4-8-23-16/h1-8,19H,9-15H2,(H2,22,28). The van der Waals surface area contributed by atoms with Crippen molar-refractivity contribution in [1.29, 1.82) is 0 Å². The molecule has 2 aliphatic heterocycles. The lowest BCUT2D eigenvalue weighted by Crippen LogP contribution is -2.53. The molecule has 1 fully saturated rings. The summed E-state index contributed by atoms with van der Waals surface area (Å²) in [6, 6.07) is 13.2. The Kier molecular flexibility index (Phi) is 5.73. The zero-order chi connectivity index (χ0) is 20.2. The third-order valence-corrected chi connectivity index (χ3v) is 5.33. The fourth-order valence-electron chi connectivity index (χ4n) is 3.72. The smallest absolute Gasteiger partial charge is 0.260 e. The van der Waals surface area contributed by atoms with E-state index in [4.69, 9.17) is 10.5 Å². The number of hydrogen-bond acceptors (Lipinski definition) is 6. The van der Waals surface area contributed by atoms with Crippen molar-refractivity contribution in [2.24, 2.45) is 5.73 Å². The normalized spacial score (nSPS) is 20.0. The van der Waals surface area contributed by atoms with Gasteiger partial charge in [-0.2, -0.15) is 0 Å². The first-order valence-electron chi connectivity index (χ1n) is 9.80. The quantitative estimate of drug-likeness (QED) is 0.792. The van der Waals surface area contributed by atoms with Crippen LogP contribution in [0.2, 0.25) is 0 Å². The molecule has 1 aromatic carbocycles. The first kappa shape index (κ1) is 19.4.